The average molecular weight is 329 g/mol. The van der Waals surface area contributed by atoms with Crippen LogP contribution in [0.4, 0.5) is 5.82 Å². The van der Waals surface area contributed by atoms with Gasteiger partial charge in [-0.3, -0.25) is 4.90 Å². The monoisotopic (exact) mass is 328 g/mol. The molecule has 0 atom stereocenters. The smallest absolute Gasteiger partial charge is 0.128 e. The molecule has 1 aromatic heterocycles. The number of halogens is 1. The molecule has 1 aromatic rings. The number of likely N-dealkylation sites (tertiary alicyclic amines) is 1. The number of likely N-dealkylation sites (N-methyl/N-ethyl adjacent to an activating group) is 1. The molecule has 0 radical (unpaired) electrons. The number of pyridine rings is 1. The molecule has 0 spiro atoms. The third kappa shape index (κ3) is 5.72. The van der Waals surface area contributed by atoms with Gasteiger partial charge in [0.2, 0.25) is 0 Å². The number of methoxy groups -OCH3 is 1. The Labute approximate surface area is 140 Å². The number of ether oxygens (including phenoxy) is 1. The number of rotatable bonds is 7. The molecule has 2 heterocycles. The van der Waals surface area contributed by atoms with Gasteiger partial charge < -0.3 is 15.0 Å². The Morgan fingerprint density at radius 2 is 2.09 bits per heavy atom. The molecule has 2 rings (SSSR count). The largest absolute Gasteiger partial charge is 0.383 e. The first kappa shape index (κ1) is 19.2. The molecule has 1 saturated heterocycles. The van der Waals surface area contributed by atoms with Gasteiger partial charge in [0.25, 0.3) is 0 Å². The maximum atomic E-state index is 5.09. The van der Waals surface area contributed by atoms with Gasteiger partial charge in [-0.25, -0.2) is 4.98 Å². The van der Waals surface area contributed by atoms with E-state index in [-0.39, 0.29) is 12.4 Å². The standard InChI is InChI=1S/C16H28N4O.ClH/c1-17-15-6-8-20(9-7-15)13-14-4-5-16(18-12-14)19(2)10-11-21-3;/h4-5,12,15,17H,6-11,13H2,1-3H3;1H. The quantitative estimate of drug-likeness (QED) is 0.826. The van der Waals surface area contributed by atoms with E-state index in [2.05, 4.69) is 39.3 Å². The molecular formula is C16H29ClN4O. The van der Waals surface area contributed by atoms with Gasteiger partial charge in [-0.15, -0.1) is 12.4 Å². The highest BCUT2D eigenvalue weighted by atomic mass is 35.5. The molecule has 0 unspecified atom stereocenters. The van der Waals surface area contributed by atoms with Crippen molar-refractivity contribution in [3.8, 4) is 0 Å². The summed E-state index contributed by atoms with van der Waals surface area (Å²) in [6.07, 6.45) is 4.48. The number of aromatic nitrogens is 1. The van der Waals surface area contributed by atoms with E-state index in [4.69, 9.17) is 4.74 Å². The van der Waals surface area contributed by atoms with E-state index in [0.717, 1.165) is 25.5 Å². The van der Waals surface area contributed by atoms with Crippen molar-refractivity contribution in [3.63, 3.8) is 0 Å². The first-order valence-corrected chi connectivity index (χ1v) is 7.77. The Morgan fingerprint density at radius 3 is 2.64 bits per heavy atom. The van der Waals surface area contributed by atoms with E-state index in [1.807, 2.05) is 13.2 Å². The van der Waals surface area contributed by atoms with Crippen molar-refractivity contribution < 1.29 is 4.74 Å². The second-order valence-electron chi connectivity index (χ2n) is 5.78. The maximum Gasteiger partial charge on any atom is 0.128 e. The minimum atomic E-state index is 0. The molecule has 1 N–H and O–H groups in total. The van der Waals surface area contributed by atoms with Gasteiger partial charge in [-0.2, -0.15) is 0 Å². The molecule has 1 aliphatic rings. The minimum absolute atomic E-state index is 0. The summed E-state index contributed by atoms with van der Waals surface area (Å²) in [6.45, 7) is 4.92. The molecule has 126 valence electrons. The van der Waals surface area contributed by atoms with Crippen LogP contribution < -0.4 is 10.2 Å². The van der Waals surface area contributed by atoms with E-state index < -0.39 is 0 Å². The van der Waals surface area contributed by atoms with Gasteiger partial charge >= 0.3 is 0 Å². The molecule has 22 heavy (non-hydrogen) atoms. The summed E-state index contributed by atoms with van der Waals surface area (Å²) in [5.74, 6) is 1.00. The molecule has 0 aliphatic carbocycles. The third-order valence-corrected chi connectivity index (χ3v) is 4.23. The molecule has 1 fully saturated rings. The Kier molecular flexibility index (Phi) is 8.71. The van der Waals surface area contributed by atoms with Gasteiger partial charge in [-0.05, 0) is 44.6 Å². The second-order valence-corrected chi connectivity index (χ2v) is 5.78. The van der Waals surface area contributed by atoms with Crippen LogP contribution in [0.15, 0.2) is 18.3 Å². The summed E-state index contributed by atoms with van der Waals surface area (Å²) in [5, 5.41) is 3.37. The Balaban J connectivity index is 0.00000242. The highest BCUT2D eigenvalue weighted by molar-refractivity contribution is 5.85. The molecule has 0 saturated carbocycles. The van der Waals surface area contributed by atoms with Crippen molar-refractivity contribution in [1.29, 1.82) is 0 Å². The van der Waals surface area contributed by atoms with Crippen LogP contribution in [0.1, 0.15) is 18.4 Å². The average Bonchev–Trinajstić information content (AvgIpc) is 2.54. The molecule has 0 aromatic carbocycles. The zero-order chi connectivity index (χ0) is 15.1. The molecule has 6 heteroatoms. The van der Waals surface area contributed by atoms with Crippen molar-refractivity contribution >= 4 is 18.2 Å². The first-order chi connectivity index (χ1) is 10.2. The lowest BCUT2D eigenvalue weighted by Crippen LogP contribution is -2.40. The summed E-state index contributed by atoms with van der Waals surface area (Å²) in [6, 6.07) is 4.98. The van der Waals surface area contributed by atoms with Crippen LogP contribution in [0.5, 0.6) is 0 Å². The van der Waals surface area contributed by atoms with Crippen LogP contribution in [-0.4, -0.2) is 63.4 Å². The fraction of sp³-hybridized carbons (Fsp3) is 0.688. The normalized spacial score (nSPS) is 16.3. The Morgan fingerprint density at radius 1 is 1.36 bits per heavy atom. The summed E-state index contributed by atoms with van der Waals surface area (Å²) in [5.41, 5.74) is 1.29. The van der Waals surface area contributed by atoms with Crippen LogP contribution in [0.3, 0.4) is 0 Å². The summed E-state index contributed by atoms with van der Waals surface area (Å²) < 4.78 is 5.09. The van der Waals surface area contributed by atoms with Crippen LogP contribution in [0.25, 0.3) is 0 Å². The lowest BCUT2D eigenvalue weighted by molar-refractivity contribution is 0.194. The Hall–Kier alpha value is -0.880. The number of nitrogens with one attached hydrogen (secondary N) is 1. The SMILES string of the molecule is CNC1CCN(Cc2ccc(N(C)CCOC)nc2)CC1.Cl. The predicted octanol–water partition coefficient (Wildman–Crippen LogP) is 1.77. The zero-order valence-electron chi connectivity index (χ0n) is 13.9. The summed E-state index contributed by atoms with van der Waals surface area (Å²) in [7, 11) is 5.83. The summed E-state index contributed by atoms with van der Waals surface area (Å²) in [4.78, 5) is 9.19. The van der Waals surface area contributed by atoms with Crippen molar-refractivity contribution in [3.05, 3.63) is 23.9 Å². The van der Waals surface area contributed by atoms with Crippen LogP contribution >= 0.6 is 12.4 Å². The van der Waals surface area contributed by atoms with Crippen LogP contribution in [-0.2, 0) is 11.3 Å². The lowest BCUT2D eigenvalue weighted by atomic mass is 10.0. The van der Waals surface area contributed by atoms with Crippen molar-refractivity contribution in [2.75, 3.05) is 52.3 Å². The maximum absolute atomic E-state index is 5.09. The molecule has 5 nitrogen and oxygen atoms in total. The number of nitrogens with zero attached hydrogens (tertiary/aromatic N) is 3. The fourth-order valence-corrected chi connectivity index (χ4v) is 2.72. The topological polar surface area (TPSA) is 40.6 Å². The number of piperidine rings is 1. The minimum Gasteiger partial charge on any atom is -0.383 e. The van der Waals surface area contributed by atoms with Gasteiger partial charge in [0.1, 0.15) is 5.82 Å². The predicted molar refractivity (Wildman–Crippen MR) is 94.0 cm³/mol. The number of anilines is 1. The van der Waals surface area contributed by atoms with Gasteiger partial charge in [-0.1, -0.05) is 6.07 Å². The number of hydrogen-bond donors (Lipinski definition) is 1. The lowest BCUT2D eigenvalue weighted by Gasteiger charge is -2.31. The van der Waals surface area contributed by atoms with E-state index >= 15 is 0 Å². The summed E-state index contributed by atoms with van der Waals surface area (Å²) >= 11 is 0. The van der Waals surface area contributed by atoms with E-state index in [1.165, 1.54) is 31.5 Å². The van der Waals surface area contributed by atoms with Crippen molar-refractivity contribution in [2.24, 2.45) is 0 Å². The first-order valence-electron chi connectivity index (χ1n) is 7.77. The molecular weight excluding hydrogens is 300 g/mol. The van der Waals surface area contributed by atoms with E-state index in [9.17, 15) is 0 Å². The molecule has 0 amide bonds. The van der Waals surface area contributed by atoms with Crippen molar-refractivity contribution in [2.45, 2.75) is 25.4 Å². The number of hydrogen-bond acceptors (Lipinski definition) is 5. The van der Waals surface area contributed by atoms with E-state index in [0.29, 0.717) is 6.04 Å². The second kappa shape index (κ2) is 10.0. The third-order valence-electron chi connectivity index (χ3n) is 4.23. The highest BCUT2D eigenvalue weighted by Crippen LogP contribution is 2.15. The van der Waals surface area contributed by atoms with Crippen LogP contribution in [0, 0.1) is 0 Å². The van der Waals surface area contributed by atoms with Gasteiger partial charge in [0, 0.05) is 39.5 Å². The van der Waals surface area contributed by atoms with Crippen molar-refractivity contribution in [1.82, 2.24) is 15.2 Å². The molecule has 0 bridgehead atoms. The Bertz CT molecular complexity index is 407. The van der Waals surface area contributed by atoms with Gasteiger partial charge in [0.15, 0.2) is 0 Å². The van der Waals surface area contributed by atoms with E-state index in [1.54, 1.807) is 7.11 Å². The fourth-order valence-electron chi connectivity index (χ4n) is 2.72. The molecule has 1 aliphatic heterocycles. The van der Waals surface area contributed by atoms with Crippen LogP contribution in [0.2, 0.25) is 0 Å². The highest BCUT2D eigenvalue weighted by Gasteiger charge is 2.17. The van der Waals surface area contributed by atoms with Gasteiger partial charge in [0.05, 0.1) is 6.61 Å². The zero-order valence-corrected chi connectivity index (χ0v) is 14.7.